The first-order chi connectivity index (χ1) is 6.06. The van der Waals surface area contributed by atoms with Gasteiger partial charge >= 0.3 is 0 Å². The fraction of sp³-hybridized carbons (Fsp3) is 1.00. The van der Waals surface area contributed by atoms with Crippen molar-refractivity contribution in [3.8, 4) is 0 Å². The third-order valence-corrected chi connectivity index (χ3v) is 1.59. The molecule has 0 radical (unpaired) electrons. The van der Waals surface area contributed by atoms with E-state index in [4.69, 9.17) is 14.6 Å². The minimum atomic E-state index is -0.170. The van der Waals surface area contributed by atoms with Gasteiger partial charge in [0.25, 0.3) is 0 Å². The Labute approximate surface area is 81.0 Å². The van der Waals surface area contributed by atoms with E-state index in [1.165, 1.54) is 0 Å². The average Bonchev–Trinajstić information content (AvgIpc) is 2.10. The van der Waals surface area contributed by atoms with Gasteiger partial charge in [-0.3, -0.25) is 0 Å². The molecule has 0 rings (SSSR count). The molecule has 13 heavy (non-hydrogen) atoms. The van der Waals surface area contributed by atoms with Crippen molar-refractivity contribution in [3.05, 3.63) is 0 Å². The van der Waals surface area contributed by atoms with E-state index in [1.54, 1.807) is 0 Å². The maximum atomic E-state index is 8.74. The number of rotatable bonds is 7. The molecular formula is C10H22O3. The van der Waals surface area contributed by atoms with Crippen LogP contribution in [-0.2, 0) is 9.47 Å². The largest absolute Gasteiger partial charge is 0.396 e. The summed E-state index contributed by atoms with van der Waals surface area (Å²) < 4.78 is 10.8. The van der Waals surface area contributed by atoms with Crippen molar-refractivity contribution >= 4 is 0 Å². The predicted octanol–water partition coefficient (Wildman–Crippen LogP) is 1.65. The van der Waals surface area contributed by atoms with Crippen LogP contribution in [0.3, 0.4) is 0 Å². The highest BCUT2D eigenvalue weighted by molar-refractivity contribution is 4.47. The molecule has 0 aliphatic rings. The van der Waals surface area contributed by atoms with Gasteiger partial charge in [0.05, 0.1) is 13.2 Å². The first kappa shape index (κ1) is 12.9. The summed E-state index contributed by atoms with van der Waals surface area (Å²) in [4.78, 5) is 0. The maximum Gasteiger partial charge on any atom is 0.154 e. The summed E-state index contributed by atoms with van der Waals surface area (Å²) in [6, 6.07) is 0. The van der Waals surface area contributed by atoms with Crippen molar-refractivity contribution in [2.75, 3.05) is 19.8 Å². The first-order valence-corrected chi connectivity index (χ1v) is 4.90. The molecule has 1 unspecified atom stereocenters. The lowest BCUT2D eigenvalue weighted by Crippen LogP contribution is -2.20. The van der Waals surface area contributed by atoms with Gasteiger partial charge in [-0.1, -0.05) is 20.8 Å². The standard InChI is InChI=1S/C10H22O3/c1-8(2)6-12-10(4)13-7-9(3)5-11/h8-11H,5-7H2,1-4H3/t9-,10?/m0/s1. The van der Waals surface area contributed by atoms with Gasteiger partial charge in [-0.25, -0.2) is 0 Å². The zero-order valence-electron chi connectivity index (χ0n) is 9.12. The molecule has 0 saturated carbocycles. The molecule has 0 aromatic carbocycles. The molecular weight excluding hydrogens is 168 g/mol. The monoisotopic (exact) mass is 190 g/mol. The molecule has 0 amide bonds. The predicted molar refractivity (Wildman–Crippen MR) is 52.5 cm³/mol. The fourth-order valence-electron chi connectivity index (χ4n) is 0.729. The van der Waals surface area contributed by atoms with Crippen molar-refractivity contribution in [2.45, 2.75) is 34.0 Å². The second-order valence-electron chi connectivity index (χ2n) is 3.92. The SMILES string of the molecule is CC(C)COC(C)OC[C@@H](C)CO. The van der Waals surface area contributed by atoms with Crippen LogP contribution in [0, 0.1) is 11.8 Å². The highest BCUT2D eigenvalue weighted by Crippen LogP contribution is 2.02. The van der Waals surface area contributed by atoms with Crippen LogP contribution >= 0.6 is 0 Å². The molecule has 3 nitrogen and oxygen atoms in total. The minimum Gasteiger partial charge on any atom is -0.396 e. The van der Waals surface area contributed by atoms with E-state index in [9.17, 15) is 0 Å². The van der Waals surface area contributed by atoms with E-state index < -0.39 is 0 Å². The Hall–Kier alpha value is -0.120. The molecule has 0 aliphatic heterocycles. The summed E-state index contributed by atoms with van der Waals surface area (Å²) >= 11 is 0. The molecule has 0 aliphatic carbocycles. The highest BCUT2D eigenvalue weighted by Gasteiger charge is 2.06. The van der Waals surface area contributed by atoms with E-state index in [2.05, 4.69) is 13.8 Å². The van der Waals surface area contributed by atoms with E-state index in [1.807, 2.05) is 13.8 Å². The van der Waals surface area contributed by atoms with Gasteiger partial charge in [0.15, 0.2) is 6.29 Å². The average molecular weight is 190 g/mol. The Bertz CT molecular complexity index is 115. The van der Waals surface area contributed by atoms with Crippen molar-refractivity contribution in [3.63, 3.8) is 0 Å². The summed E-state index contributed by atoms with van der Waals surface area (Å²) in [6.07, 6.45) is -0.170. The molecule has 0 bridgehead atoms. The molecule has 3 heteroatoms. The summed E-state index contributed by atoms with van der Waals surface area (Å²) in [6.45, 7) is 9.45. The topological polar surface area (TPSA) is 38.7 Å². The molecule has 0 fully saturated rings. The fourth-order valence-corrected chi connectivity index (χ4v) is 0.729. The van der Waals surface area contributed by atoms with E-state index in [0.29, 0.717) is 19.1 Å². The Morgan fingerprint density at radius 2 is 1.54 bits per heavy atom. The van der Waals surface area contributed by atoms with Crippen molar-refractivity contribution in [1.82, 2.24) is 0 Å². The van der Waals surface area contributed by atoms with Gasteiger partial charge in [-0.15, -0.1) is 0 Å². The Kier molecular flexibility index (Phi) is 7.23. The number of hydrogen-bond acceptors (Lipinski definition) is 3. The summed E-state index contributed by atoms with van der Waals surface area (Å²) in [5.74, 6) is 0.714. The Morgan fingerprint density at radius 3 is 2.00 bits per heavy atom. The lowest BCUT2D eigenvalue weighted by Gasteiger charge is -2.17. The van der Waals surface area contributed by atoms with E-state index in [-0.39, 0.29) is 18.8 Å². The summed E-state index contributed by atoms with van der Waals surface area (Å²) in [7, 11) is 0. The summed E-state index contributed by atoms with van der Waals surface area (Å²) in [5, 5.41) is 8.74. The number of aliphatic hydroxyl groups excluding tert-OH is 1. The van der Waals surface area contributed by atoms with Gasteiger partial charge in [-0.2, -0.15) is 0 Å². The normalized spacial score (nSPS) is 16.2. The van der Waals surface area contributed by atoms with E-state index >= 15 is 0 Å². The molecule has 2 atom stereocenters. The van der Waals surface area contributed by atoms with Crippen molar-refractivity contribution in [1.29, 1.82) is 0 Å². The minimum absolute atomic E-state index is 0.164. The quantitative estimate of drug-likeness (QED) is 0.620. The first-order valence-electron chi connectivity index (χ1n) is 4.90. The van der Waals surface area contributed by atoms with Crippen LogP contribution in [0.25, 0.3) is 0 Å². The Morgan fingerprint density at radius 1 is 1.00 bits per heavy atom. The zero-order valence-corrected chi connectivity index (χ0v) is 9.12. The van der Waals surface area contributed by atoms with Crippen LogP contribution < -0.4 is 0 Å². The second kappa shape index (κ2) is 7.30. The van der Waals surface area contributed by atoms with Crippen LogP contribution in [0.4, 0.5) is 0 Å². The van der Waals surface area contributed by atoms with Gasteiger partial charge in [-0.05, 0) is 12.8 Å². The van der Waals surface area contributed by atoms with Crippen molar-refractivity contribution in [2.24, 2.45) is 11.8 Å². The van der Waals surface area contributed by atoms with Gasteiger partial charge in [0, 0.05) is 12.5 Å². The maximum absolute atomic E-state index is 8.74. The molecule has 0 spiro atoms. The number of ether oxygens (including phenoxy) is 2. The van der Waals surface area contributed by atoms with Crippen molar-refractivity contribution < 1.29 is 14.6 Å². The molecule has 1 N–H and O–H groups in total. The van der Waals surface area contributed by atoms with Crippen LogP contribution in [0.2, 0.25) is 0 Å². The lowest BCUT2D eigenvalue weighted by atomic mass is 10.2. The summed E-state index contributed by atoms with van der Waals surface area (Å²) in [5.41, 5.74) is 0. The molecule has 0 heterocycles. The highest BCUT2D eigenvalue weighted by atomic mass is 16.7. The molecule has 0 aromatic rings. The van der Waals surface area contributed by atoms with Gasteiger partial charge in [0.1, 0.15) is 0 Å². The molecule has 0 aromatic heterocycles. The molecule has 0 saturated heterocycles. The van der Waals surface area contributed by atoms with Gasteiger partial charge < -0.3 is 14.6 Å². The van der Waals surface area contributed by atoms with Gasteiger partial charge in [0.2, 0.25) is 0 Å². The van der Waals surface area contributed by atoms with Crippen LogP contribution in [0.15, 0.2) is 0 Å². The Balaban J connectivity index is 3.34. The number of hydrogen-bond donors (Lipinski definition) is 1. The smallest absolute Gasteiger partial charge is 0.154 e. The van der Waals surface area contributed by atoms with Crippen LogP contribution in [-0.4, -0.2) is 31.2 Å². The zero-order chi connectivity index (χ0) is 10.3. The lowest BCUT2D eigenvalue weighted by molar-refractivity contribution is -0.145. The van der Waals surface area contributed by atoms with E-state index in [0.717, 1.165) is 0 Å². The second-order valence-corrected chi connectivity index (χ2v) is 3.92. The number of aliphatic hydroxyl groups is 1. The van der Waals surface area contributed by atoms with Crippen LogP contribution in [0.1, 0.15) is 27.7 Å². The third kappa shape index (κ3) is 8.22. The molecule has 80 valence electrons. The third-order valence-electron chi connectivity index (χ3n) is 1.59. The van der Waals surface area contributed by atoms with Crippen LogP contribution in [0.5, 0.6) is 0 Å².